The van der Waals surface area contributed by atoms with Crippen molar-refractivity contribution in [1.82, 2.24) is 18.7 Å². The molecule has 34 heavy (non-hydrogen) atoms. The van der Waals surface area contributed by atoms with Gasteiger partial charge in [-0.3, -0.25) is 13.9 Å². The monoisotopic (exact) mass is 515 g/mol. The average Bonchev–Trinajstić information content (AvgIpc) is 3.11. The number of nitrogens with zero attached hydrogens (tertiary/aromatic N) is 4. The van der Waals surface area contributed by atoms with E-state index >= 15 is 0 Å². The number of alkyl halides is 3. The third-order valence-corrected chi connectivity index (χ3v) is 6.61. The number of imidazole rings is 1. The van der Waals surface area contributed by atoms with E-state index in [1.165, 1.54) is 27.9 Å². The topological polar surface area (TPSA) is 87.8 Å². The van der Waals surface area contributed by atoms with E-state index in [4.69, 9.17) is 17.3 Å². The predicted octanol–water partition coefficient (Wildman–Crippen LogP) is 4.05. The first kappa shape index (κ1) is 26.1. The summed E-state index contributed by atoms with van der Waals surface area (Å²) in [7, 11) is 1.44. The van der Waals surface area contributed by atoms with Gasteiger partial charge in [-0.25, -0.2) is 9.78 Å². The van der Waals surface area contributed by atoms with Crippen LogP contribution in [-0.4, -0.2) is 36.2 Å². The van der Waals surface area contributed by atoms with E-state index in [0.717, 1.165) is 10.1 Å². The number of benzene rings is 1. The van der Waals surface area contributed by atoms with Crippen LogP contribution in [0.5, 0.6) is 0 Å². The molecular formula is C22H25ClF3N5O2S. The Bertz CT molecular complexity index is 1320. The van der Waals surface area contributed by atoms with E-state index < -0.39 is 35.1 Å². The lowest BCUT2D eigenvalue weighted by Crippen LogP contribution is -2.39. The maximum absolute atomic E-state index is 13.3. The lowest BCUT2D eigenvalue weighted by atomic mass is 10.2. The molecule has 12 heteroatoms. The molecule has 0 spiro atoms. The van der Waals surface area contributed by atoms with Gasteiger partial charge in [-0.2, -0.15) is 13.2 Å². The molecule has 0 aliphatic rings. The van der Waals surface area contributed by atoms with Crippen LogP contribution >= 0.6 is 23.4 Å². The summed E-state index contributed by atoms with van der Waals surface area (Å²) in [5.41, 5.74) is 5.26. The molecule has 0 bridgehead atoms. The Hall–Kier alpha value is -2.50. The number of thioether (sulfide) groups is 1. The Morgan fingerprint density at radius 2 is 1.79 bits per heavy atom. The summed E-state index contributed by atoms with van der Waals surface area (Å²) in [6.45, 7) is 3.31. The predicted molar refractivity (Wildman–Crippen MR) is 129 cm³/mol. The molecule has 0 aliphatic carbocycles. The summed E-state index contributed by atoms with van der Waals surface area (Å²) >= 11 is 7.04. The lowest BCUT2D eigenvalue weighted by molar-refractivity contribution is -0.136. The number of rotatable bonds is 8. The van der Waals surface area contributed by atoms with Crippen molar-refractivity contribution >= 4 is 40.6 Å². The molecule has 0 radical (unpaired) electrons. The fourth-order valence-corrected chi connectivity index (χ4v) is 4.32. The van der Waals surface area contributed by atoms with E-state index in [0.29, 0.717) is 5.02 Å². The van der Waals surface area contributed by atoms with Gasteiger partial charge in [0.1, 0.15) is 0 Å². The van der Waals surface area contributed by atoms with Crippen LogP contribution < -0.4 is 17.0 Å². The molecule has 3 rings (SSSR count). The summed E-state index contributed by atoms with van der Waals surface area (Å²) in [6, 6.07) is 6.97. The first-order valence-corrected chi connectivity index (χ1v) is 11.6. The second-order valence-corrected chi connectivity index (χ2v) is 10.5. The van der Waals surface area contributed by atoms with Gasteiger partial charge in [-0.1, -0.05) is 47.6 Å². The molecule has 0 fully saturated rings. The van der Waals surface area contributed by atoms with Crippen molar-refractivity contribution in [2.45, 2.75) is 49.4 Å². The zero-order valence-electron chi connectivity index (χ0n) is 18.9. The number of aryl methyl sites for hydroxylation is 2. The van der Waals surface area contributed by atoms with Crippen molar-refractivity contribution in [3.05, 3.63) is 61.8 Å². The van der Waals surface area contributed by atoms with Gasteiger partial charge in [0.15, 0.2) is 16.3 Å². The Kier molecular flexibility index (Phi) is 7.69. The molecule has 1 aromatic carbocycles. The SMILES string of the molecule is Cn1c(=O)n(CC=Cc2ccc(Cl)cc2)c(=O)c2c1nc(SC(C)(C)CN)n2CCC(F)(F)F. The standard InChI is InChI=1S/C22H25ClF3N5O2S/c1-21(2,13-27)34-19-28-17-16(30(19)12-10-22(24,25)26)18(32)31(20(33)29(17)3)11-4-5-14-6-8-15(23)9-7-14/h4-9H,10-13,27H2,1-3H3. The van der Waals surface area contributed by atoms with E-state index in [2.05, 4.69) is 4.98 Å². The number of hydrogen-bond donors (Lipinski definition) is 1. The van der Waals surface area contributed by atoms with Gasteiger partial charge in [-0.15, -0.1) is 0 Å². The van der Waals surface area contributed by atoms with Crippen LogP contribution in [0.4, 0.5) is 13.2 Å². The van der Waals surface area contributed by atoms with Crippen molar-refractivity contribution in [2.75, 3.05) is 6.54 Å². The van der Waals surface area contributed by atoms with Crippen LogP contribution in [0.15, 0.2) is 45.1 Å². The Labute approximate surface area is 203 Å². The van der Waals surface area contributed by atoms with Crippen molar-refractivity contribution in [2.24, 2.45) is 12.8 Å². The molecule has 3 aromatic rings. The summed E-state index contributed by atoms with van der Waals surface area (Å²) in [6.07, 6.45) is -2.23. The van der Waals surface area contributed by atoms with E-state index in [1.54, 1.807) is 36.4 Å². The number of halogens is 4. The molecule has 2 heterocycles. The molecule has 0 atom stereocenters. The van der Waals surface area contributed by atoms with Crippen LogP contribution in [0.1, 0.15) is 25.8 Å². The molecule has 0 amide bonds. The van der Waals surface area contributed by atoms with E-state index in [1.807, 2.05) is 13.8 Å². The van der Waals surface area contributed by atoms with Crippen LogP contribution in [0.2, 0.25) is 5.02 Å². The summed E-state index contributed by atoms with van der Waals surface area (Å²) in [5, 5.41) is 0.780. The quantitative estimate of drug-likeness (QED) is 0.457. The summed E-state index contributed by atoms with van der Waals surface area (Å²) in [4.78, 5) is 30.6. The van der Waals surface area contributed by atoms with Crippen molar-refractivity contribution < 1.29 is 13.2 Å². The number of hydrogen-bond acceptors (Lipinski definition) is 5. The summed E-state index contributed by atoms with van der Waals surface area (Å²) in [5.74, 6) is 0. The minimum atomic E-state index is -4.43. The van der Waals surface area contributed by atoms with Crippen molar-refractivity contribution in [3.63, 3.8) is 0 Å². The van der Waals surface area contributed by atoms with Crippen molar-refractivity contribution in [3.8, 4) is 0 Å². The molecule has 0 saturated heterocycles. The van der Waals surface area contributed by atoms with Crippen LogP contribution in [-0.2, 0) is 20.1 Å². The first-order chi connectivity index (χ1) is 15.8. The average molecular weight is 516 g/mol. The maximum atomic E-state index is 13.3. The molecule has 0 unspecified atom stereocenters. The van der Waals surface area contributed by atoms with Crippen LogP contribution in [0.25, 0.3) is 17.2 Å². The highest BCUT2D eigenvalue weighted by atomic mass is 35.5. The maximum Gasteiger partial charge on any atom is 0.390 e. The fourth-order valence-electron chi connectivity index (χ4n) is 3.19. The fraction of sp³-hybridized carbons (Fsp3) is 0.409. The zero-order chi connectivity index (χ0) is 25.3. The van der Waals surface area contributed by atoms with Gasteiger partial charge >= 0.3 is 11.9 Å². The van der Waals surface area contributed by atoms with Crippen LogP contribution in [0, 0.1) is 0 Å². The number of fused-ring (bicyclic) bond motifs is 1. The Morgan fingerprint density at radius 3 is 2.38 bits per heavy atom. The van der Waals surface area contributed by atoms with Gasteiger partial charge in [0, 0.05) is 36.5 Å². The minimum Gasteiger partial charge on any atom is -0.329 e. The minimum absolute atomic E-state index is 0.0328. The van der Waals surface area contributed by atoms with Gasteiger partial charge in [-0.05, 0) is 31.5 Å². The second kappa shape index (κ2) is 10.0. The zero-order valence-corrected chi connectivity index (χ0v) is 20.5. The lowest BCUT2D eigenvalue weighted by Gasteiger charge is -2.21. The van der Waals surface area contributed by atoms with Gasteiger partial charge in [0.05, 0.1) is 6.42 Å². The molecular weight excluding hydrogens is 491 g/mol. The van der Waals surface area contributed by atoms with Gasteiger partial charge < -0.3 is 10.3 Å². The molecule has 2 N–H and O–H groups in total. The highest BCUT2D eigenvalue weighted by Crippen LogP contribution is 2.33. The Morgan fingerprint density at radius 1 is 1.15 bits per heavy atom. The Balaban J connectivity index is 2.11. The highest BCUT2D eigenvalue weighted by Gasteiger charge is 2.30. The first-order valence-electron chi connectivity index (χ1n) is 10.4. The van der Waals surface area contributed by atoms with Crippen molar-refractivity contribution in [1.29, 1.82) is 0 Å². The number of nitrogens with two attached hydrogens (primary N) is 1. The highest BCUT2D eigenvalue weighted by molar-refractivity contribution is 8.00. The van der Waals surface area contributed by atoms with Crippen LogP contribution in [0.3, 0.4) is 0 Å². The molecule has 7 nitrogen and oxygen atoms in total. The number of allylic oxidation sites excluding steroid dienone is 1. The second-order valence-electron chi connectivity index (χ2n) is 8.36. The smallest absolute Gasteiger partial charge is 0.329 e. The van der Waals surface area contributed by atoms with Gasteiger partial charge in [0.25, 0.3) is 5.56 Å². The molecule has 184 valence electrons. The van der Waals surface area contributed by atoms with Gasteiger partial charge in [0.2, 0.25) is 0 Å². The third-order valence-electron chi connectivity index (χ3n) is 5.14. The molecule has 2 aromatic heterocycles. The van der Waals surface area contributed by atoms with E-state index in [9.17, 15) is 22.8 Å². The molecule has 0 saturated carbocycles. The normalized spacial score (nSPS) is 12.8. The third kappa shape index (κ3) is 5.94. The number of aromatic nitrogens is 4. The largest absolute Gasteiger partial charge is 0.390 e. The molecule has 0 aliphatic heterocycles. The summed E-state index contributed by atoms with van der Waals surface area (Å²) < 4.78 is 42.0. The van der Waals surface area contributed by atoms with E-state index in [-0.39, 0.29) is 29.4 Å².